The Labute approximate surface area is 131 Å². The molecule has 0 radical (unpaired) electrons. The molecule has 2 unspecified atom stereocenters. The highest BCUT2D eigenvalue weighted by molar-refractivity contribution is 9.10. The van der Waals surface area contributed by atoms with Crippen molar-refractivity contribution in [2.75, 3.05) is 6.61 Å². The predicted molar refractivity (Wildman–Crippen MR) is 80.9 cm³/mol. The Morgan fingerprint density at radius 1 is 1.38 bits per heavy atom. The predicted octanol–water partition coefficient (Wildman–Crippen LogP) is 2.65. The Balaban J connectivity index is 1.91. The molecule has 1 aliphatic heterocycles. The normalized spacial score (nSPS) is 19.2. The van der Waals surface area contributed by atoms with Crippen molar-refractivity contribution < 1.29 is 19.4 Å². The van der Waals surface area contributed by atoms with Crippen LogP contribution in [-0.2, 0) is 14.3 Å². The number of hydrogen-bond acceptors (Lipinski definition) is 3. The summed E-state index contributed by atoms with van der Waals surface area (Å²) >= 11 is 3.30. The first-order chi connectivity index (χ1) is 10.1. The standard InChI is InChI=1S/C15H18BrNO4/c16-11-5-3-10(4-6-11)14(15(19)20)17-13(18)8-7-12-2-1-9-21-12/h3-6,12,14H,1-2,7-9H2,(H,17,18)(H,19,20). The monoisotopic (exact) mass is 355 g/mol. The third-order valence-electron chi connectivity index (χ3n) is 3.47. The number of carboxylic acids is 1. The summed E-state index contributed by atoms with van der Waals surface area (Å²) in [6.07, 6.45) is 3.06. The Morgan fingerprint density at radius 2 is 2.10 bits per heavy atom. The van der Waals surface area contributed by atoms with E-state index in [0.29, 0.717) is 12.0 Å². The zero-order chi connectivity index (χ0) is 15.2. The number of carboxylic acid groups (broad SMARTS) is 1. The molecule has 1 aliphatic rings. The number of amides is 1. The molecule has 1 amide bonds. The summed E-state index contributed by atoms with van der Waals surface area (Å²) in [6, 6.07) is 5.86. The molecule has 1 aromatic rings. The Hall–Kier alpha value is -1.40. The molecule has 0 aliphatic carbocycles. The van der Waals surface area contributed by atoms with Crippen LogP contribution in [0.25, 0.3) is 0 Å². The van der Waals surface area contributed by atoms with E-state index in [0.717, 1.165) is 23.9 Å². The summed E-state index contributed by atoms with van der Waals surface area (Å²) < 4.78 is 6.31. The highest BCUT2D eigenvalue weighted by atomic mass is 79.9. The van der Waals surface area contributed by atoms with Gasteiger partial charge in [0.05, 0.1) is 6.10 Å². The van der Waals surface area contributed by atoms with Crippen LogP contribution in [0.15, 0.2) is 28.7 Å². The molecule has 2 N–H and O–H groups in total. The SMILES string of the molecule is O=C(CCC1CCCO1)NC(C(=O)O)c1ccc(Br)cc1. The van der Waals surface area contributed by atoms with Crippen molar-refractivity contribution in [2.24, 2.45) is 0 Å². The maximum atomic E-state index is 11.9. The number of aliphatic carboxylic acids is 1. The largest absolute Gasteiger partial charge is 0.479 e. The number of nitrogens with one attached hydrogen (secondary N) is 1. The van der Waals surface area contributed by atoms with Crippen molar-refractivity contribution >= 4 is 27.8 Å². The lowest BCUT2D eigenvalue weighted by molar-refractivity contribution is -0.142. The molecule has 0 aromatic heterocycles. The zero-order valence-electron chi connectivity index (χ0n) is 11.5. The van der Waals surface area contributed by atoms with Gasteiger partial charge >= 0.3 is 5.97 Å². The molecule has 6 heteroatoms. The number of halogens is 1. The minimum absolute atomic E-state index is 0.131. The summed E-state index contributed by atoms with van der Waals surface area (Å²) in [7, 11) is 0. The van der Waals surface area contributed by atoms with Crippen LogP contribution in [0.4, 0.5) is 0 Å². The molecule has 1 fully saturated rings. The van der Waals surface area contributed by atoms with E-state index in [1.165, 1.54) is 0 Å². The van der Waals surface area contributed by atoms with Crippen LogP contribution in [0.2, 0.25) is 0 Å². The minimum Gasteiger partial charge on any atom is -0.479 e. The van der Waals surface area contributed by atoms with Crippen LogP contribution in [-0.4, -0.2) is 29.7 Å². The van der Waals surface area contributed by atoms with Crippen LogP contribution in [0, 0.1) is 0 Å². The number of benzene rings is 1. The molecule has 114 valence electrons. The van der Waals surface area contributed by atoms with E-state index in [9.17, 15) is 14.7 Å². The van der Waals surface area contributed by atoms with Crippen molar-refractivity contribution in [3.05, 3.63) is 34.3 Å². The molecule has 0 bridgehead atoms. The molecule has 0 saturated carbocycles. The number of rotatable bonds is 6. The number of carbonyl (C=O) groups is 2. The van der Waals surface area contributed by atoms with Crippen LogP contribution < -0.4 is 5.32 Å². The van der Waals surface area contributed by atoms with Gasteiger partial charge in [-0.05, 0) is 37.0 Å². The quantitative estimate of drug-likeness (QED) is 0.822. The minimum atomic E-state index is -1.07. The lowest BCUT2D eigenvalue weighted by Crippen LogP contribution is -2.34. The second kappa shape index (κ2) is 7.56. The summed E-state index contributed by atoms with van der Waals surface area (Å²) in [4.78, 5) is 23.2. The molecular weight excluding hydrogens is 338 g/mol. The summed E-state index contributed by atoms with van der Waals surface area (Å²) in [5.74, 6) is -1.33. The van der Waals surface area contributed by atoms with E-state index in [1.807, 2.05) is 0 Å². The maximum absolute atomic E-state index is 11.9. The maximum Gasteiger partial charge on any atom is 0.330 e. The molecule has 1 aromatic carbocycles. The fourth-order valence-electron chi connectivity index (χ4n) is 2.34. The van der Waals surface area contributed by atoms with Gasteiger partial charge in [-0.2, -0.15) is 0 Å². The Kier molecular flexibility index (Phi) is 5.76. The van der Waals surface area contributed by atoms with Crippen LogP contribution >= 0.6 is 15.9 Å². The number of ether oxygens (including phenoxy) is 1. The lowest BCUT2D eigenvalue weighted by Gasteiger charge is -2.16. The van der Waals surface area contributed by atoms with Crippen molar-refractivity contribution in [1.82, 2.24) is 5.32 Å². The molecular formula is C15H18BrNO4. The molecule has 5 nitrogen and oxygen atoms in total. The molecule has 1 heterocycles. The molecule has 2 rings (SSSR count). The van der Waals surface area contributed by atoms with Gasteiger partial charge in [0.2, 0.25) is 5.91 Å². The molecule has 2 atom stereocenters. The second-order valence-corrected chi connectivity index (χ2v) is 5.98. The first-order valence-electron chi connectivity index (χ1n) is 6.95. The van der Waals surface area contributed by atoms with Gasteiger partial charge in [0.1, 0.15) is 0 Å². The van der Waals surface area contributed by atoms with Crippen molar-refractivity contribution in [2.45, 2.75) is 37.8 Å². The summed E-state index contributed by atoms with van der Waals surface area (Å²) in [5.41, 5.74) is 0.552. The van der Waals surface area contributed by atoms with Gasteiger partial charge < -0.3 is 15.2 Å². The first-order valence-corrected chi connectivity index (χ1v) is 7.75. The van der Waals surface area contributed by atoms with E-state index in [1.54, 1.807) is 24.3 Å². The number of carbonyl (C=O) groups excluding carboxylic acids is 1. The molecule has 0 spiro atoms. The van der Waals surface area contributed by atoms with E-state index in [4.69, 9.17) is 4.74 Å². The third-order valence-corrected chi connectivity index (χ3v) is 4.00. The fraction of sp³-hybridized carbons (Fsp3) is 0.467. The Bertz CT molecular complexity index is 497. The first kappa shape index (κ1) is 16.0. The van der Waals surface area contributed by atoms with Gasteiger partial charge in [0.25, 0.3) is 0 Å². The molecule has 1 saturated heterocycles. The average molecular weight is 356 g/mol. The zero-order valence-corrected chi connectivity index (χ0v) is 13.1. The van der Waals surface area contributed by atoms with Crippen LogP contribution in [0.3, 0.4) is 0 Å². The summed E-state index contributed by atoms with van der Waals surface area (Å²) in [5, 5.41) is 11.8. The van der Waals surface area contributed by atoms with Crippen molar-refractivity contribution in [3.63, 3.8) is 0 Å². The van der Waals surface area contributed by atoms with Gasteiger partial charge in [-0.1, -0.05) is 28.1 Å². The highest BCUT2D eigenvalue weighted by Crippen LogP contribution is 2.19. The van der Waals surface area contributed by atoms with Gasteiger partial charge in [0.15, 0.2) is 6.04 Å². The fourth-order valence-corrected chi connectivity index (χ4v) is 2.60. The van der Waals surface area contributed by atoms with E-state index < -0.39 is 12.0 Å². The van der Waals surface area contributed by atoms with E-state index >= 15 is 0 Å². The molecule has 21 heavy (non-hydrogen) atoms. The van der Waals surface area contributed by atoms with Gasteiger partial charge in [-0.3, -0.25) is 4.79 Å². The van der Waals surface area contributed by atoms with Crippen molar-refractivity contribution in [1.29, 1.82) is 0 Å². The Morgan fingerprint density at radius 3 is 2.67 bits per heavy atom. The van der Waals surface area contributed by atoms with E-state index in [2.05, 4.69) is 21.2 Å². The summed E-state index contributed by atoms with van der Waals surface area (Å²) in [6.45, 7) is 0.753. The third kappa shape index (κ3) is 4.82. The van der Waals surface area contributed by atoms with Crippen LogP contribution in [0.5, 0.6) is 0 Å². The highest BCUT2D eigenvalue weighted by Gasteiger charge is 2.23. The van der Waals surface area contributed by atoms with Crippen LogP contribution in [0.1, 0.15) is 37.3 Å². The van der Waals surface area contributed by atoms with Gasteiger partial charge in [0, 0.05) is 17.5 Å². The smallest absolute Gasteiger partial charge is 0.330 e. The topological polar surface area (TPSA) is 75.6 Å². The lowest BCUT2D eigenvalue weighted by atomic mass is 10.1. The van der Waals surface area contributed by atoms with Gasteiger partial charge in [-0.25, -0.2) is 4.79 Å². The van der Waals surface area contributed by atoms with Crippen molar-refractivity contribution in [3.8, 4) is 0 Å². The van der Waals surface area contributed by atoms with Gasteiger partial charge in [-0.15, -0.1) is 0 Å². The second-order valence-electron chi connectivity index (χ2n) is 5.06. The van der Waals surface area contributed by atoms with E-state index in [-0.39, 0.29) is 18.4 Å². The average Bonchev–Trinajstić information content (AvgIpc) is 2.97. The number of hydrogen-bond donors (Lipinski definition) is 2.